The number of pyridine rings is 1. The highest BCUT2D eigenvalue weighted by Gasteiger charge is 2.19. The number of piperidine rings is 1. The maximum atomic E-state index is 4.94. The number of nitrogens with zero attached hydrogens (tertiary/aromatic N) is 6. The van der Waals surface area contributed by atoms with Gasteiger partial charge in [-0.25, -0.2) is 9.97 Å². The zero-order chi connectivity index (χ0) is 19.9. The standard InChI is InChI=1S/C22H20N8/c1-2-11-30(12-3-1)18-6-4-5-15-19(18)27-22(26-15)21-20-16(28-29-21)8-7-14(25-20)17-13-23-9-10-24-17/h4-10,13H,1-3,11-12H2,(H,26,27)(H,28,29). The van der Waals surface area contributed by atoms with Crippen molar-refractivity contribution < 1.29 is 0 Å². The zero-order valence-electron chi connectivity index (χ0n) is 16.3. The van der Waals surface area contributed by atoms with Crippen LogP contribution in [0.15, 0.2) is 48.9 Å². The first kappa shape index (κ1) is 17.1. The van der Waals surface area contributed by atoms with Gasteiger partial charge in [-0.05, 0) is 43.5 Å². The van der Waals surface area contributed by atoms with Crippen LogP contribution in [0, 0.1) is 0 Å². The molecule has 1 fully saturated rings. The van der Waals surface area contributed by atoms with E-state index in [2.05, 4.69) is 48.2 Å². The minimum atomic E-state index is 0.705. The summed E-state index contributed by atoms with van der Waals surface area (Å²) < 4.78 is 0. The summed E-state index contributed by atoms with van der Waals surface area (Å²) >= 11 is 0. The number of anilines is 1. The van der Waals surface area contributed by atoms with E-state index in [-0.39, 0.29) is 0 Å². The molecule has 0 spiro atoms. The van der Waals surface area contributed by atoms with Gasteiger partial charge in [0, 0.05) is 25.5 Å². The van der Waals surface area contributed by atoms with Crippen molar-refractivity contribution in [1.82, 2.24) is 35.1 Å². The van der Waals surface area contributed by atoms with E-state index in [1.54, 1.807) is 18.6 Å². The quantitative estimate of drug-likeness (QED) is 0.479. The molecule has 0 saturated carbocycles. The van der Waals surface area contributed by atoms with Crippen LogP contribution in [0.5, 0.6) is 0 Å². The highest BCUT2D eigenvalue weighted by atomic mass is 15.2. The van der Waals surface area contributed by atoms with Gasteiger partial charge in [-0.3, -0.25) is 15.1 Å². The second-order valence-corrected chi connectivity index (χ2v) is 7.56. The zero-order valence-corrected chi connectivity index (χ0v) is 16.3. The molecule has 1 aliphatic rings. The van der Waals surface area contributed by atoms with Crippen molar-refractivity contribution in [2.45, 2.75) is 19.3 Å². The highest BCUT2D eigenvalue weighted by molar-refractivity contribution is 5.94. The van der Waals surface area contributed by atoms with Crippen LogP contribution in [0.4, 0.5) is 5.69 Å². The largest absolute Gasteiger partial charge is 0.370 e. The van der Waals surface area contributed by atoms with Crippen LogP contribution in [0.3, 0.4) is 0 Å². The molecule has 2 N–H and O–H groups in total. The van der Waals surface area contributed by atoms with Crippen LogP contribution < -0.4 is 4.90 Å². The van der Waals surface area contributed by atoms with Gasteiger partial charge in [0.05, 0.1) is 28.6 Å². The van der Waals surface area contributed by atoms with Crippen LogP contribution in [-0.4, -0.2) is 48.2 Å². The van der Waals surface area contributed by atoms with Crippen molar-refractivity contribution in [2.75, 3.05) is 18.0 Å². The van der Waals surface area contributed by atoms with Gasteiger partial charge in [0.1, 0.15) is 16.7 Å². The van der Waals surface area contributed by atoms with E-state index in [1.807, 2.05) is 12.1 Å². The van der Waals surface area contributed by atoms with E-state index in [0.717, 1.165) is 46.5 Å². The predicted molar refractivity (Wildman–Crippen MR) is 116 cm³/mol. The Balaban J connectivity index is 1.47. The van der Waals surface area contributed by atoms with Crippen LogP contribution in [0.2, 0.25) is 0 Å². The Morgan fingerprint density at radius 2 is 1.77 bits per heavy atom. The number of aromatic nitrogens is 7. The Labute approximate surface area is 172 Å². The molecule has 6 rings (SSSR count). The van der Waals surface area contributed by atoms with Gasteiger partial charge in [0.2, 0.25) is 0 Å². The van der Waals surface area contributed by atoms with E-state index in [0.29, 0.717) is 11.5 Å². The molecule has 30 heavy (non-hydrogen) atoms. The molecule has 0 atom stereocenters. The van der Waals surface area contributed by atoms with Gasteiger partial charge in [-0.1, -0.05) is 6.07 Å². The summed E-state index contributed by atoms with van der Waals surface area (Å²) in [6.45, 7) is 2.16. The predicted octanol–water partition coefficient (Wildman–Crippen LogP) is 3.95. The van der Waals surface area contributed by atoms with E-state index in [1.165, 1.54) is 24.9 Å². The second kappa shape index (κ2) is 6.91. The van der Waals surface area contributed by atoms with Gasteiger partial charge in [-0.15, -0.1) is 0 Å². The van der Waals surface area contributed by atoms with Crippen molar-refractivity contribution in [3.8, 4) is 22.9 Å². The molecule has 5 aromatic rings. The molecular formula is C22H20N8. The van der Waals surface area contributed by atoms with Gasteiger partial charge in [0.15, 0.2) is 11.5 Å². The van der Waals surface area contributed by atoms with Crippen molar-refractivity contribution >= 4 is 27.8 Å². The second-order valence-electron chi connectivity index (χ2n) is 7.56. The first-order valence-corrected chi connectivity index (χ1v) is 10.2. The number of fused-ring (bicyclic) bond motifs is 2. The average Bonchev–Trinajstić information content (AvgIpc) is 3.43. The molecule has 1 saturated heterocycles. The first-order chi connectivity index (χ1) is 14.9. The summed E-state index contributed by atoms with van der Waals surface area (Å²) in [5, 5.41) is 7.58. The Bertz CT molecular complexity index is 1330. The topological polar surface area (TPSA) is 99.3 Å². The van der Waals surface area contributed by atoms with Crippen LogP contribution in [0.1, 0.15) is 19.3 Å². The fraction of sp³-hybridized carbons (Fsp3) is 0.227. The van der Waals surface area contributed by atoms with Crippen molar-refractivity contribution in [3.63, 3.8) is 0 Å². The summed E-state index contributed by atoms with van der Waals surface area (Å²) in [4.78, 5) is 24.1. The molecule has 0 unspecified atom stereocenters. The minimum absolute atomic E-state index is 0.705. The fourth-order valence-corrected chi connectivity index (χ4v) is 4.16. The number of nitrogens with one attached hydrogen (secondary N) is 2. The summed E-state index contributed by atoms with van der Waals surface area (Å²) in [6, 6.07) is 10.2. The third kappa shape index (κ3) is 2.80. The number of hydrogen-bond acceptors (Lipinski definition) is 6. The lowest BCUT2D eigenvalue weighted by Crippen LogP contribution is -2.29. The van der Waals surface area contributed by atoms with Crippen molar-refractivity contribution in [1.29, 1.82) is 0 Å². The lowest BCUT2D eigenvalue weighted by Gasteiger charge is -2.28. The lowest BCUT2D eigenvalue weighted by molar-refractivity contribution is 0.579. The molecule has 0 bridgehead atoms. The Kier molecular flexibility index (Phi) is 3.93. The smallest absolute Gasteiger partial charge is 0.161 e. The van der Waals surface area contributed by atoms with Crippen LogP contribution >= 0.6 is 0 Å². The SMILES string of the molecule is c1cc(N2CCCCC2)c2nc(-c3n[nH]c4ccc(-c5cnccn5)nc34)[nH]c2c1. The Hall–Kier alpha value is -3.81. The Morgan fingerprint density at radius 1 is 0.833 bits per heavy atom. The monoisotopic (exact) mass is 396 g/mol. The number of rotatable bonds is 3. The highest BCUT2D eigenvalue weighted by Crippen LogP contribution is 2.31. The maximum Gasteiger partial charge on any atom is 0.161 e. The number of para-hydroxylation sites is 1. The maximum absolute atomic E-state index is 4.94. The normalized spacial score (nSPS) is 14.6. The van der Waals surface area contributed by atoms with E-state index >= 15 is 0 Å². The Morgan fingerprint density at radius 3 is 2.63 bits per heavy atom. The average molecular weight is 396 g/mol. The summed E-state index contributed by atoms with van der Waals surface area (Å²) in [5.41, 5.74) is 6.97. The summed E-state index contributed by atoms with van der Waals surface area (Å²) in [5.74, 6) is 0.713. The van der Waals surface area contributed by atoms with Crippen molar-refractivity contribution in [3.05, 3.63) is 48.9 Å². The molecule has 0 amide bonds. The number of imidazole rings is 1. The molecule has 8 nitrogen and oxygen atoms in total. The van der Waals surface area contributed by atoms with Gasteiger partial charge in [-0.2, -0.15) is 5.10 Å². The lowest BCUT2D eigenvalue weighted by atomic mass is 10.1. The van der Waals surface area contributed by atoms with Crippen molar-refractivity contribution in [2.24, 2.45) is 0 Å². The third-order valence-electron chi connectivity index (χ3n) is 5.65. The summed E-state index contributed by atoms with van der Waals surface area (Å²) in [6.07, 6.45) is 8.79. The number of aromatic amines is 2. The van der Waals surface area contributed by atoms with E-state index < -0.39 is 0 Å². The number of hydrogen-bond donors (Lipinski definition) is 2. The number of benzene rings is 1. The molecule has 148 valence electrons. The summed E-state index contributed by atoms with van der Waals surface area (Å²) in [7, 11) is 0. The van der Waals surface area contributed by atoms with Crippen LogP contribution in [0.25, 0.3) is 45.0 Å². The molecular weight excluding hydrogens is 376 g/mol. The van der Waals surface area contributed by atoms with E-state index in [4.69, 9.17) is 9.97 Å². The number of H-pyrrole nitrogens is 2. The molecule has 8 heteroatoms. The van der Waals surface area contributed by atoms with E-state index in [9.17, 15) is 0 Å². The van der Waals surface area contributed by atoms with Crippen LogP contribution in [-0.2, 0) is 0 Å². The third-order valence-corrected chi connectivity index (χ3v) is 5.65. The minimum Gasteiger partial charge on any atom is -0.370 e. The first-order valence-electron chi connectivity index (χ1n) is 10.2. The molecule has 4 aromatic heterocycles. The molecule has 1 aromatic carbocycles. The fourth-order valence-electron chi connectivity index (χ4n) is 4.16. The van der Waals surface area contributed by atoms with Gasteiger partial charge in [0.25, 0.3) is 0 Å². The molecule has 0 aliphatic carbocycles. The van der Waals surface area contributed by atoms with Gasteiger partial charge >= 0.3 is 0 Å². The molecule has 0 radical (unpaired) electrons. The molecule has 1 aliphatic heterocycles. The van der Waals surface area contributed by atoms with Gasteiger partial charge < -0.3 is 9.88 Å². The molecule has 5 heterocycles.